The van der Waals surface area contributed by atoms with E-state index >= 15 is 0 Å². The highest BCUT2D eigenvalue weighted by Crippen LogP contribution is 2.28. The van der Waals surface area contributed by atoms with E-state index in [1.165, 1.54) is 11.1 Å². The van der Waals surface area contributed by atoms with Gasteiger partial charge in [0.25, 0.3) is 0 Å². The summed E-state index contributed by atoms with van der Waals surface area (Å²) in [5.41, 5.74) is 5.81. The molecule has 0 aliphatic rings. The number of hydrogen-bond acceptors (Lipinski definition) is 2. The molecule has 2 rings (SSSR count). The average Bonchev–Trinajstić information content (AvgIpc) is 2.55. The Labute approximate surface area is 150 Å². The van der Waals surface area contributed by atoms with Crippen LogP contribution in [0.4, 0.5) is 5.69 Å². The summed E-state index contributed by atoms with van der Waals surface area (Å²) in [6.45, 7) is 8.40. The zero-order valence-corrected chi connectivity index (χ0v) is 15.9. The van der Waals surface area contributed by atoms with Gasteiger partial charge >= 0.3 is 0 Å². The van der Waals surface area contributed by atoms with Gasteiger partial charge in [-0.2, -0.15) is 11.8 Å². The molecule has 2 nitrogen and oxygen atoms in total. The topological polar surface area (TPSA) is 29.1 Å². The van der Waals surface area contributed by atoms with Gasteiger partial charge in [-0.15, -0.1) is 0 Å². The molecule has 0 aliphatic heterocycles. The van der Waals surface area contributed by atoms with Gasteiger partial charge in [0.05, 0.1) is 0 Å². The normalized spacial score (nSPS) is 12.0. The van der Waals surface area contributed by atoms with E-state index in [0.717, 1.165) is 29.0 Å². The van der Waals surface area contributed by atoms with Crippen molar-refractivity contribution in [3.05, 3.63) is 64.7 Å². The molecular weight excluding hydrogens is 314 g/mol. The Morgan fingerprint density at radius 3 is 2.33 bits per heavy atom. The van der Waals surface area contributed by atoms with Gasteiger partial charge in [0.15, 0.2) is 0 Å². The van der Waals surface area contributed by atoms with Crippen molar-refractivity contribution in [2.45, 2.75) is 45.8 Å². The second-order valence-corrected chi connectivity index (χ2v) is 7.80. The highest BCUT2D eigenvalue weighted by Gasteiger charge is 2.09. The summed E-state index contributed by atoms with van der Waals surface area (Å²) in [5.74, 6) is 1.10. The zero-order valence-electron chi connectivity index (χ0n) is 15.1. The van der Waals surface area contributed by atoms with Crippen molar-refractivity contribution in [2.24, 2.45) is 0 Å². The minimum atomic E-state index is 0.109. The van der Waals surface area contributed by atoms with Crippen LogP contribution in [0.2, 0.25) is 0 Å². The summed E-state index contributed by atoms with van der Waals surface area (Å²) in [7, 11) is 0. The van der Waals surface area contributed by atoms with E-state index < -0.39 is 0 Å². The molecule has 0 aromatic heterocycles. The number of rotatable bonds is 7. The SMILES string of the molecule is Cc1cc(C)c(NC(=O)CCCSC(C)c2ccccc2)c(C)c1. The van der Waals surface area contributed by atoms with Crippen molar-refractivity contribution in [2.75, 3.05) is 11.1 Å². The Morgan fingerprint density at radius 1 is 1.08 bits per heavy atom. The van der Waals surface area contributed by atoms with E-state index in [1.54, 1.807) is 0 Å². The summed E-state index contributed by atoms with van der Waals surface area (Å²) in [5, 5.41) is 3.55. The second-order valence-electron chi connectivity index (χ2n) is 6.35. The third-order valence-electron chi connectivity index (χ3n) is 4.13. The quantitative estimate of drug-likeness (QED) is 0.642. The molecule has 0 fully saturated rings. The van der Waals surface area contributed by atoms with E-state index in [9.17, 15) is 4.79 Å². The molecule has 0 bridgehead atoms. The molecule has 1 amide bonds. The van der Waals surface area contributed by atoms with Crippen molar-refractivity contribution in [1.82, 2.24) is 0 Å². The van der Waals surface area contributed by atoms with Crippen LogP contribution in [0.15, 0.2) is 42.5 Å². The van der Waals surface area contributed by atoms with Crippen LogP contribution in [-0.2, 0) is 4.79 Å². The molecule has 128 valence electrons. The molecule has 0 radical (unpaired) electrons. The second kappa shape index (κ2) is 8.93. The lowest BCUT2D eigenvalue weighted by Crippen LogP contribution is -2.13. The standard InChI is InChI=1S/C21H27NOS/c1-15-13-16(2)21(17(3)14-15)22-20(23)11-8-12-24-18(4)19-9-6-5-7-10-19/h5-7,9-10,13-14,18H,8,11-12H2,1-4H3,(H,22,23). The fraction of sp³-hybridized carbons (Fsp3) is 0.381. The molecule has 0 saturated heterocycles. The van der Waals surface area contributed by atoms with Gasteiger partial charge in [0.1, 0.15) is 0 Å². The Morgan fingerprint density at radius 2 is 1.71 bits per heavy atom. The van der Waals surface area contributed by atoms with Crippen LogP contribution in [-0.4, -0.2) is 11.7 Å². The molecule has 2 aromatic carbocycles. The van der Waals surface area contributed by atoms with E-state index in [4.69, 9.17) is 0 Å². The number of amides is 1. The van der Waals surface area contributed by atoms with Crippen LogP contribution in [0.25, 0.3) is 0 Å². The molecule has 0 aliphatic carbocycles. The number of anilines is 1. The summed E-state index contributed by atoms with van der Waals surface area (Å²) in [6, 6.07) is 14.7. The van der Waals surface area contributed by atoms with Gasteiger partial charge in [-0.25, -0.2) is 0 Å². The van der Waals surface area contributed by atoms with Crippen LogP contribution < -0.4 is 5.32 Å². The van der Waals surface area contributed by atoms with Crippen molar-refractivity contribution in [3.8, 4) is 0 Å². The average molecular weight is 342 g/mol. The van der Waals surface area contributed by atoms with Crippen LogP contribution in [0.1, 0.15) is 47.3 Å². The lowest BCUT2D eigenvalue weighted by Gasteiger charge is -2.13. The molecule has 0 heterocycles. The first-order valence-electron chi connectivity index (χ1n) is 8.51. The Kier molecular flexibility index (Phi) is 6.92. The van der Waals surface area contributed by atoms with Gasteiger partial charge in [-0.3, -0.25) is 4.79 Å². The Hall–Kier alpha value is -1.74. The lowest BCUT2D eigenvalue weighted by molar-refractivity contribution is -0.116. The Balaban J connectivity index is 1.76. The van der Waals surface area contributed by atoms with E-state index in [2.05, 4.69) is 55.6 Å². The number of hydrogen-bond donors (Lipinski definition) is 1. The summed E-state index contributed by atoms with van der Waals surface area (Å²) in [4.78, 5) is 12.2. The fourth-order valence-corrected chi connectivity index (χ4v) is 3.91. The van der Waals surface area contributed by atoms with Crippen LogP contribution >= 0.6 is 11.8 Å². The zero-order chi connectivity index (χ0) is 17.5. The fourth-order valence-electron chi connectivity index (χ4n) is 2.89. The van der Waals surface area contributed by atoms with Crippen molar-refractivity contribution in [3.63, 3.8) is 0 Å². The number of carbonyl (C=O) groups is 1. The van der Waals surface area contributed by atoms with Crippen LogP contribution in [0.3, 0.4) is 0 Å². The number of thioether (sulfide) groups is 1. The first-order chi connectivity index (χ1) is 11.5. The van der Waals surface area contributed by atoms with Gasteiger partial charge in [0.2, 0.25) is 5.91 Å². The maximum absolute atomic E-state index is 12.2. The summed E-state index contributed by atoms with van der Waals surface area (Å²) < 4.78 is 0. The predicted octanol–water partition coefficient (Wildman–Crippen LogP) is 5.82. The molecular formula is C21H27NOS. The third kappa shape index (κ3) is 5.41. The van der Waals surface area contributed by atoms with Crippen LogP contribution in [0.5, 0.6) is 0 Å². The number of nitrogens with one attached hydrogen (secondary N) is 1. The third-order valence-corrected chi connectivity index (χ3v) is 5.42. The first kappa shape index (κ1) is 18.6. The summed E-state index contributed by atoms with van der Waals surface area (Å²) in [6.07, 6.45) is 1.47. The maximum Gasteiger partial charge on any atom is 0.224 e. The highest BCUT2D eigenvalue weighted by atomic mass is 32.2. The van der Waals surface area contributed by atoms with Gasteiger partial charge < -0.3 is 5.32 Å². The smallest absolute Gasteiger partial charge is 0.224 e. The summed E-state index contributed by atoms with van der Waals surface area (Å²) >= 11 is 1.91. The molecule has 1 unspecified atom stereocenters. The van der Waals surface area contributed by atoms with Gasteiger partial charge in [0, 0.05) is 17.4 Å². The lowest BCUT2D eigenvalue weighted by atomic mass is 10.0. The largest absolute Gasteiger partial charge is 0.326 e. The van der Waals surface area contributed by atoms with E-state index in [0.29, 0.717) is 11.7 Å². The van der Waals surface area contributed by atoms with Crippen molar-refractivity contribution < 1.29 is 4.79 Å². The minimum absolute atomic E-state index is 0.109. The molecule has 1 atom stereocenters. The van der Waals surface area contributed by atoms with E-state index in [1.807, 2.05) is 31.7 Å². The first-order valence-corrected chi connectivity index (χ1v) is 9.56. The molecule has 24 heavy (non-hydrogen) atoms. The van der Waals surface area contributed by atoms with Crippen LogP contribution in [0, 0.1) is 20.8 Å². The maximum atomic E-state index is 12.2. The molecule has 1 N–H and O–H groups in total. The van der Waals surface area contributed by atoms with Gasteiger partial charge in [-0.1, -0.05) is 48.0 Å². The monoisotopic (exact) mass is 341 g/mol. The molecule has 0 saturated carbocycles. The highest BCUT2D eigenvalue weighted by molar-refractivity contribution is 7.99. The number of aryl methyl sites for hydroxylation is 3. The minimum Gasteiger partial charge on any atom is -0.326 e. The number of carbonyl (C=O) groups excluding carboxylic acids is 1. The number of benzene rings is 2. The van der Waals surface area contributed by atoms with Crippen molar-refractivity contribution in [1.29, 1.82) is 0 Å². The van der Waals surface area contributed by atoms with E-state index in [-0.39, 0.29) is 5.91 Å². The molecule has 2 aromatic rings. The predicted molar refractivity (Wildman–Crippen MR) is 106 cm³/mol. The van der Waals surface area contributed by atoms with Gasteiger partial charge in [-0.05, 0) is 56.6 Å². The molecule has 3 heteroatoms. The molecule has 0 spiro atoms. The van der Waals surface area contributed by atoms with Crippen molar-refractivity contribution >= 4 is 23.4 Å². The Bertz CT molecular complexity index is 658.